The Morgan fingerprint density at radius 1 is 1.00 bits per heavy atom. The minimum absolute atomic E-state index is 0.0125. The zero-order valence-corrected chi connectivity index (χ0v) is 13.3. The topological polar surface area (TPSA) is 30.7 Å². The molecule has 102 valence electrons. The number of halogens is 1. The van der Waals surface area contributed by atoms with Gasteiger partial charge in [0.25, 0.3) is 0 Å². The molecule has 2 aromatic rings. The molecule has 0 fully saturated rings. The van der Waals surface area contributed by atoms with Crippen molar-refractivity contribution in [1.82, 2.24) is 14.8 Å². The second-order valence-corrected chi connectivity index (χ2v) is 6.22. The van der Waals surface area contributed by atoms with Crippen LogP contribution in [0.2, 0.25) is 0 Å². The third-order valence-electron chi connectivity index (χ3n) is 3.07. The van der Waals surface area contributed by atoms with Crippen molar-refractivity contribution >= 4 is 15.9 Å². The molecule has 2 rings (SSSR count). The Bertz CT molecular complexity index is 526. The van der Waals surface area contributed by atoms with Crippen molar-refractivity contribution in [3.8, 4) is 0 Å². The first-order valence-corrected chi connectivity index (χ1v) is 7.68. The van der Waals surface area contributed by atoms with Crippen molar-refractivity contribution in [1.29, 1.82) is 0 Å². The van der Waals surface area contributed by atoms with E-state index in [0.29, 0.717) is 0 Å². The summed E-state index contributed by atoms with van der Waals surface area (Å²) in [5, 5.41) is 9.37. The van der Waals surface area contributed by atoms with Crippen LogP contribution in [0.1, 0.15) is 38.0 Å². The number of rotatable bonds is 4. The van der Waals surface area contributed by atoms with E-state index in [1.807, 2.05) is 6.07 Å². The lowest BCUT2D eigenvalue weighted by atomic mass is 10.1. The Morgan fingerprint density at radius 2 is 1.63 bits per heavy atom. The lowest BCUT2D eigenvalue weighted by molar-refractivity contribution is 0.373. The molecule has 0 aliphatic rings. The average Bonchev–Trinajstić information content (AvgIpc) is 2.80. The molecule has 0 atom stereocenters. The van der Waals surface area contributed by atoms with Crippen molar-refractivity contribution < 1.29 is 0 Å². The summed E-state index contributed by atoms with van der Waals surface area (Å²) in [5.74, 6) is 2.06. The predicted molar refractivity (Wildman–Crippen MR) is 81.5 cm³/mol. The first-order valence-electron chi connectivity index (χ1n) is 6.56. The fraction of sp³-hybridized carbons (Fsp3) is 0.467. The third kappa shape index (κ3) is 3.44. The predicted octanol–water partition coefficient (Wildman–Crippen LogP) is 3.71. The maximum Gasteiger partial charge on any atom is 0.144 e. The third-order valence-corrected chi connectivity index (χ3v) is 3.57. The lowest BCUT2D eigenvalue weighted by Crippen LogP contribution is -2.26. The Labute approximate surface area is 123 Å². The van der Waals surface area contributed by atoms with Gasteiger partial charge in [-0.25, -0.2) is 0 Å². The van der Waals surface area contributed by atoms with Crippen molar-refractivity contribution in [2.75, 3.05) is 0 Å². The first-order chi connectivity index (χ1) is 9.02. The SMILES string of the molecule is CC(C)(C)n1c(CBr)nnc1CCc1ccccc1. The quantitative estimate of drug-likeness (QED) is 0.804. The van der Waals surface area contributed by atoms with Gasteiger partial charge in [-0.1, -0.05) is 46.3 Å². The molecule has 1 aromatic heterocycles. The van der Waals surface area contributed by atoms with Gasteiger partial charge >= 0.3 is 0 Å². The molecule has 0 saturated heterocycles. The smallest absolute Gasteiger partial charge is 0.144 e. The van der Waals surface area contributed by atoms with Gasteiger partial charge in [-0.3, -0.25) is 0 Å². The minimum atomic E-state index is 0.0125. The standard InChI is InChI=1S/C15H20BrN3/c1-15(2,3)19-13(17-18-14(19)11-16)10-9-12-7-5-4-6-8-12/h4-8H,9-11H2,1-3H3. The summed E-state index contributed by atoms with van der Waals surface area (Å²) < 4.78 is 2.24. The van der Waals surface area contributed by atoms with Crippen LogP contribution in [0.5, 0.6) is 0 Å². The van der Waals surface area contributed by atoms with Crippen LogP contribution < -0.4 is 0 Å². The van der Waals surface area contributed by atoms with Gasteiger partial charge in [0.05, 0.1) is 5.33 Å². The Morgan fingerprint density at radius 3 is 2.21 bits per heavy atom. The van der Waals surface area contributed by atoms with Crippen LogP contribution in [-0.2, 0) is 23.7 Å². The highest BCUT2D eigenvalue weighted by Crippen LogP contribution is 2.21. The Kier molecular flexibility index (Phi) is 4.40. The molecular weight excluding hydrogens is 302 g/mol. The molecule has 0 unspecified atom stereocenters. The van der Waals surface area contributed by atoms with E-state index in [9.17, 15) is 0 Å². The minimum Gasteiger partial charge on any atom is -0.309 e. The summed E-state index contributed by atoms with van der Waals surface area (Å²) >= 11 is 3.49. The Balaban J connectivity index is 2.19. The summed E-state index contributed by atoms with van der Waals surface area (Å²) in [7, 11) is 0. The van der Waals surface area contributed by atoms with E-state index in [-0.39, 0.29) is 5.54 Å². The first kappa shape index (κ1) is 14.3. The number of benzene rings is 1. The van der Waals surface area contributed by atoms with Gasteiger partial charge in [-0.15, -0.1) is 10.2 Å². The molecule has 0 N–H and O–H groups in total. The molecular formula is C15H20BrN3. The monoisotopic (exact) mass is 321 g/mol. The van der Waals surface area contributed by atoms with E-state index in [1.54, 1.807) is 0 Å². The van der Waals surface area contributed by atoms with Crippen molar-refractivity contribution in [3.05, 3.63) is 47.5 Å². The van der Waals surface area contributed by atoms with Crippen molar-refractivity contribution in [2.24, 2.45) is 0 Å². The maximum absolute atomic E-state index is 4.35. The van der Waals surface area contributed by atoms with Gasteiger partial charge in [0.15, 0.2) is 0 Å². The van der Waals surface area contributed by atoms with Gasteiger partial charge in [0, 0.05) is 12.0 Å². The molecule has 0 radical (unpaired) electrons. The molecule has 19 heavy (non-hydrogen) atoms. The fourth-order valence-electron chi connectivity index (χ4n) is 2.28. The highest BCUT2D eigenvalue weighted by atomic mass is 79.9. The summed E-state index contributed by atoms with van der Waals surface area (Å²) in [5.41, 5.74) is 1.35. The van der Waals surface area contributed by atoms with Crippen LogP contribution in [0.25, 0.3) is 0 Å². The molecule has 0 bridgehead atoms. The molecule has 0 spiro atoms. The number of alkyl halides is 1. The van der Waals surface area contributed by atoms with E-state index >= 15 is 0 Å². The lowest BCUT2D eigenvalue weighted by Gasteiger charge is -2.24. The second kappa shape index (κ2) is 5.87. The van der Waals surface area contributed by atoms with Gasteiger partial charge in [-0.05, 0) is 32.8 Å². The van der Waals surface area contributed by atoms with E-state index < -0.39 is 0 Å². The molecule has 0 amide bonds. The second-order valence-electron chi connectivity index (χ2n) is 5.66. The van der Waals surface area contributed by atoms with Crippen LogP contribution >= 0.6 is 15.9 Å². The molecule has 4 heteroatoms. The van der Waals surface area contributed by atoms with Crippen molar-refractivity contribution in [3.63, 3.8) is 0 Å². The van der Waals surface area contributed by atoms with Gasteiger partial charge in [0.1, 0.15) is 11.6 Å². The number of hydrogen-bond donors (Lipinski definition) is 0. The molecule has 3 nitrogen and oxygen atoms in total. The van der Waals surface area contributed by atoms with E-state index in [4.69, 9.17) is 0 Å². The molecule has 0 aliphatic carbocycles. The van der Waals surface area contributed by atoms with Crippen LogP contribution in [0.15, 0.2) is 30.3 Å². The number of hydrogen-bond acceptors (Lipinski definition) is 2. The summed E-state index contributed by atoms with van der Waals surface area (Å²) in [6, 6.07) is 10.5. The summed E-state index contributed by atoms with van der Waals surface area (Å²) in [6.07, 6.45) is 1.92. The van der Waals surface area contributed by atoms with Gasteiger partial charge < -0.3 is 4.57 Å². The van der Waals surface area contributed by atoms with Crippen LogP contribution in [0.4, 0.5) is 0 Å². The highest BCUT2D eigenvalue weighted by Gasteiger charge is 2.21. The number of aromatic nitrogens is 3. The molecule has 0 aliphatic heterocycles. The van der Waals surface area contributed by atoms with Gasteiger partial charge in [0.2, 0.25) is 0 Å². The van der Waals surface area contributed by atoms with Gasteiger partial charge in [-0.2, -0.15) is 0 Å². The number of aryl methyl sites for hydroxylation is 2. The largest absolute Gasteiger partial charge is 0.309 e. The zero-order chi connectivity index (χ0) is 13.9. The van der Waals surface area contributed by atoms with E-state index in [0.717, 1.165) is 29.8 Å². The average molecular weight is 322 g/mol. The van der Waals surface area contributed by atoms with E-state index in [2.05, 4.69) is 75.7 Å². The molecule has 1 heterocycles. The van der Waals surface area contributed by atoms with Crippen LogP contribution in [0.3, 0.4) is 0 Å². The van der Waals surface area contributed by atoms with Crippen molar-refractivity contribution in [2.45, 2.75) is 44.5 Å². The Hall–Kier alpha value is -1.16. The molecule has 1 aromatic carbocycles. The highest BCUT2D eigenvalue weighted by molar-refractivity contribution is 9.08. The summed E-state index contributed by atoms with van der Waals surface area (Å²) in [4.78, 5) is 0. The van der Waals surface area contributed by atoms with E-state index in [1.165, 1.54) is 5.56 Å². The summed E-state index contributed by atoms with van der Waals surface area (Å²) in [6.45, 7) is 6.57. The van der Waals surface area contributed by atoms with Crippen LogP contribution in [-0.4, -0.2) is 14.8 Å². The van der Waals surface area contributed by atoms with Crippen LogP contribution in [0, 0.1) is 0 Å². The fourth-order valence-corrected chi connectivity index (χ4v) is 2.64. The maximum atomic E-state index is 4.35. The molecule has 0 saturated carbocycles. The normalized spacial score (nSPS) is 11.8. The zero-order valence-electron chi connectivity index (χ0n) is 11.7. The number of nitrogens with zero attached hydrogens (tertiary/aromatic N) is 3.